The van der Waals surface area contributed by atoms with Gasteiger partial charge in [0.1, 0.15) is 18.2 Å². The lowest BCUT2D eigenvalue weighted by Crippen LogP contribution is -1.97. The molecule has 0 aliphatic carbocycles. The first-order valence-corrected chi connectivity index (χ1v) is 6.13. The van der Waals surface area contributed by atoms with Crippen LogP contribution in [0, 0.1) is 0 Å². The second-order valence-corrected chi connectivity index (χ2v) is 4.39. The summed E-state index contributed by atoms with van der Waals surface area (Å²) >= 11 is 0. The lowest BCUT2D eigenvalue weighted by molar-refractivity contribution is 0.306. The van der Waals surface area contributed by atoms with E-state index >= 15 is 0 Å². The van der Waals surface area contributed by atoms with E-state index < -0.39 is 0 Å². The zero-order valence-corrected chi connectivity index (χ0v) is 10.4. The molecule has 0 amide bonds. The van der Waals surface area contributed by atoms with Crippen molar-refractivity contribution >= 4 is 16.6 Å². The molecule has 3 heteroatoms. The molecule has 3 aromatic rings. The number of rotatable bonds is 3. The highest BCUT2D eigenvalue weighted by Crippen LogP contribution is 2.21. The Morgan fingerprint density at radius 1 is 0.947 bits per heavy atom. The van der Waals surface area contributed by atoms with E-state index in [1.54, 1.807) is 12.3 Å². The number of aromatic nitrogens is 1. The predicted octanol–water partition coefficient (Wildman–Crippen LogP) is 3.40. The molecule has 19 heavy (non-hydrogen) atoms. The van der Waals surface area contributed by atoms with Gasteiger partial charge in [-0.1, -0.05) is 36.4 Å². The summed E-state index contributed by atoms with van der Waals surface area (Å²) in [6.45, 7) is 0.492. The molecule has 0 radical (unpaired) electrons. The molecular formula is C16H14N2O. The summed E-state index contributed by atoms with van der Waals surface area (Å²) in [6, 6.07) is 18.0. The summed E-state index contributed by atoms with van der Waals surface area (Å²) < 4.78 is 5.76. The summed E-state index contributed by atoms with van der Waals surface area (Å²) in [5.41, 5.74) is 6.55. The average Bonchev–Trinajstić information content (AvgIpc) is 2.46. The molecule has 0 atom stereocenters. The van der Waals surface area contributed by atoms with Crippen molar-refractivity contribution in [3.8, 4) is 5.75 Å². The van der Waals surface area contributed by atoms with E-state index in [1.807, 2.05) is 30.3 Å². The van der Waals surface area contributed by atoms with Crippen molar-refractivity contribution in [1.82, 2.24) is 4.98 Å². The van der Waals surface area contributed by atoms with Crippen LogP contribution in [0.2, 0.25) is 0 Å². The van der Waals surface area contributed by atoms with Gasteiger partial charge in [-0.25, -0.2) is 4.98 Å². The summed E-state index contributed by atoms with van der Waals surface area (Å²) in [7, 11) is 0. The fourth-order valence-electron chi connectivity index (χ4n) is 1.95. The number of hydrogen-bond acceptors (Lipinski definition) is 3. The van der Waals surface area contributed by atoms with Crippen LogP contribution in [0.4, 0.5) is 5.82 Å². The van der Waals surface area contributed by atoms with Crippen LogP contribution in [-0.4, -0.2) is 4.98 Å². The highest BCUT2D eigenvalue weighted by Gasteiger charge is 1.98. The summed E-state index contributed by atoms with van der Waals surface area (Å²) in [5, 5.41) is 2.39. The number of ether oxygens (including phenoxy) is 1. The monoisotopic (exact) mass is 250 g/mol. The molecule has 0 spiro atoms. The summed E-state index contributed by atoms with van der Waals surface area (Å²) in [5.74, 6) is 1.38. The van der Waals surface area contributed by atoms with Crippen LogP contribution in [0.5, 0.6) is 5.75 Å². The Bertz CT molecular complexity index is 692. The van der Waals surface area contributed by atoms with E-state index in [0.717, 1.165) is 11.3 Å². The first kappa shape index (κ1) is 11.5. The molecule has 0 aliphatic heterocycles. The lowest BCUT2D eigenvalue weighted by Gasteiger charge is -2.07. The minimum atomic E-state index is 0.492. The smallest absolute Gasteiger partial charge is 0.123 e. The minimum absolute atomic E-state index is 0.492. The van der Waals surface area contributed by atoms with Gasteiger partial charge in [0, 0.05) is 11.8 Å². The molecule has 0 bridgehead atoms. The van der Waals surface area contributed by atoms with Crippen LogP contribution in [0.15, 0.2) is 60.8 Å². The molecule has 0 fully saturated rings. The van der Waals surface area contributed by atoms with Crippen molar-refractivity contribution in [2.45, 2.75) is 6.61 Å². The molecular weight excluding hydrogens is 236 g/mol. The Balaban J connectivity index is 1.76. The van der Waals surface area contributed by atoms with Crippen molar-refractivity contribution in [2.24, 2.45) is 0 Å². The maximum Gasteiger partial charge on any atom is 0.123 e. The highest BCUT2D eigenvalue weighted by atomic mass is 16.5. The molecule has 3 rings (SSSR count). The molecule has 2 N–H and O–H groups in total. The van der Waals surface area contributed by atoms with Crippen LogP contribution < -0.4 is 10.5 Å². The van der Waals surface area contributed by atoms with Crippen molar-refractivity contribution in [3.05, 3.63) is 66.4 Å². The van der Waals surface area contributed by atoms with Gasteiger partial charge in [-0.3, -0.25) is 0 Å². The zero-order chi connectivity index (χ0) is 13.1. The molecule has 0 saturated heterocycles. The molecule has 2 aromatic carbocycles. The first-order chi connectivity index (χ1) is 9.31. The van der Waals surface area contributed by atoms with Gasteiger partial charge in [0.05, 0.1) is 0 Å². The zero-order valence-electron chi connectivity index (χ0n) is 10.4. The van der Waals surface area contributed by atoms with Crippen LogP contribution in [0.25, 0.3) is 10.8 Å². The second-order valence-electron chi connectivity index (χ2n) is 4.39. The van der Waals surface area contributed by atoms with Crippen LogP contribution in [0.3, 0.4) is 0 Å². The summed E-state index contributed by atoms with van der Waals surface area (Å²) in [4.78, 5) is 4.04. The SMILES string of the molecule is Nc1ccc(COc2ccc3ccccc3c2)cn1. The number of fused-ring (bicyclic) bond motifs is 1. The first-order valence-electron chi connectivity index (χ1n) is 6.13. The van der Waals surface area contributed by atoms with E-state index in [0.29, 0.717) is 12.4 Å². The number of hydrogen-bond donors (Lipinski definition) is 1. The minimum Gasteiger partial charge on any atom is -0.489 e. The van der Waals surface area contributed by atoms with E-state index in [-0.39, 0.29) is 0 Å². The molecule has 0 saturated carbocycles. The molecule has 1 heterocycles. The normalized spacial score (nSPS) is 10.5. The van der Waals surface area contributed by atoms with Crippen LogP contribution in [-0.2, 0) is 6.61 Å². The van der Waals surface area contributed by atoms with Gasteiger partial charge in [-0.15, -0.1) is 0 Å². The van der Waals surface area contributed by atoms with E-state index in [4.69, 9.17) is 10.5 Å². The maximum atomic E-state index is 5.76. The second kappa shape index (κ2) is 4.98. The van der Waals surface area contributed by atoms with Crippen LogP contribution in [0.1, 0.15) is 5.56 Å². The van der Waals surface area contributed by atoms with E-state index in [9.17, 15) is 0 Å². The Kier molecular flexibility index (Phi) is 3.02. The van der Waals surface area contributed by atoms with Crippen molar-refractivity contribution in [1.29, 1.82) is 0 Å². The molecule has 0 unspecified atom stereocenters. The molecule has 3 nitrogen and oxygen atoms in total. The van der Waals surface area contributed by atoms with Gasteiger partial charge in [-0.2, -0.15) is 0 Å². The fourth-order valence-corrected chi connectivity index (χ4v) is 1.95. The van der Waals surface area contributed by atoms with E-state index in [1.165, 1.54) is 10.8 Å². The number of anilines is 1. The third-order valence-corrected chi connectivity index (χ3v) is 2.97. The van der Waals surface area contributed by atoms with Gasteiger partial charge in [0.15, 0.2) is 0 Å². The molecule has 0 aliphatic rings. The Morgan fingerprint density at radius 2 is 1.79 bits per heavy atom. The quantitative estimate of drug-likeness (QED) is 0.775. The topological polar surface area (TPSA) is 48.1 Å². The fraction of sp³-hybridized carbons (Fsp3) is 0.0625. The van der Waals surface area contributed by atoms with Crippen molar-refractivity contribution in [3.63, 3.8) is 0 Å². The standard InChI is InChI=1S/C16H14N2O/c17-16-8-5-12(10-18-16)11-19-15-7-6-13-3-1-2-4-14(13)9-15/h1-10H,11H2,(H2,17,18). The maximum absolute atomic E-state index is 5.76. The number of nitrogens with two attached hydrogens (primary N) is 1. The molecule has 1 aromatic heterocycles. The third kappa shape index (κ3) is 2.65. The number of nitrogens with zero attached hydrogens (tertiary/aromatic N) is 1. The Morgan fingerprint density at radius 3 is 2.58 bits per heavy atom. The molecule has 94 valence electrons. The van der Waals surface area contributed by atoms with Gasteiger partial charge in [0.2, 0.25) is 0 Å². The number of nitrogen functional groups attached to an aromatic ring is 1. The lowest BCUT2D eigenvalue weighted by atomic mass is 10.1. The largest absolute Gasteiger partial charge is 0.489 e. The van der Waals surface area contributed by atoms with E-state index in [2.05, 4.69) is 23.2 Å². The van der Waals surface area contributed by atoms with Crippen molar-refractivity contribution < 1.29 is 4.74 Å². The van der Waals surface area contributed by atoms with Crippen molar-refractivity contribution in [2.75, 3.05) is 5.73 Å². The number of pyridine rings is 1. The van der Waals surface area contributed by atoms with Gasteiger partial charge < -0.3 is 10.5 Å². The van der Waals surface area contributed by atoms with Crippen LogP contribution >= 0.6 is 0 Å². The highest BCUT2D eigenvalue weighted by molar-refractivity contribution is 5.83. The van der Waals surface area contributed by atoms with Gasteiger partial charge in [-0.05, 0) is 29.0 Å². The third-order valence-electron chi connectivity index (χ3n) is 2.97. The van der Waals surface area contributed by atoms with Gasteiger partial charge in [0.25, 0.3) is 0 Å². The Labute approximate surface area is 111 Å². The average molecular weight is 250 g/mol. The number of benzene rings is 2. The summed E-state index contributed by atoms with van der Waals surface area (Å²) in [6.07, 6.45) is 1.73. The Hall–Kier alpha value is -2.55. The predicted molar refractivity (Wildman–Crippen MR) is 76.9 cm³/mol. The van der Waals surface area contributed by atoms with Gasteiger partial charge >= 0.3 is 0 Å².